The Morgan fingerprint density at radius 3 is 2.56 bits per heavy atom. The molecule has 1 aliphatic rings. The van der Waals surface area contributed by atoms with Gasteiger partial charge in [-0.25, -0.2) is 0 Å². The predicted octanol–water partition coefficient (Wildman–Crippen LogP) is 2.18. The third-order valence-electron chi connectivity index (χ3n) is 2.98. The molecular weight excluding hydrogens is 202 g/mol. The number of nitrogens with zero attached hydrogens (tertiary/aromatic N) is 2. The molecule has 0 radical (unpaired) electrons. The molecule has 1 aromatic heterocycles. The Bertz CT molecular complexity index is 372. The molecule has 2 rings (SSSR count). The van der Waals surface area contributed by atoms with Crippen molar-refractivity contribution in [3.8, 4) is 6.07 Å². The molecule has 1 aliphatic heterocycles. The van der Waals surface area contributed by atoms with Gasteiger partial charge in [-0.05, 0) is 18.9 Å². The zero-order valence-corrected chi connectivity index (χ0v) is 9.35. The topological polar surface area (TPSA) is 66.2 Å². The molecule has 1 saturated heterocycles. The first kappa shape index (κ1) is 11.0. The summed E-state index contributed by atoms with van der Waals surface area (Å²) in [7, 11) is 0. The third kappa shape index (κ3) is 2.37. The van der Waals surface area contributed by atoms with Crippen molar-refractivity contribution in [2.45, 2.75) is 31.7 Å². The average Bonchev–Trinajstić information content (AvgIpc) is 2.64. The van der Waals surface area contributed by atoms with E-state index in [4.69, 9.17) is 15.4 Å². The lowest BCUT2D eigenvalue weighted by atomic mass is 10.2. The molecule has 1 atom stereocenters. The largest absolute Gasteiger partial charge is 0.443 e. The highest BCUT2D eigenvalue weighted by Crippen LogP contribution is 2.24. The SMILES string of the molecule is N#C[C@H](N)c1ccc(N2CCCCCC2)o1. The van der Waals surface area contributed by atoms with Crippen LogP contribution in [0.2, 0.25) is 0 Å². The highest BCUT2D eigenvalue weighted by Gasteiger charge is 2.15. The highest BCUT2D eigenvalue weighted by atomic mass is 16.4. The van der Waals surface area contributed by atoms with E-state index >= 15 is 0 Å². The Kier molecular flexibility index (Phi) is 3.47. The van der Waals surface area contributed by atoms with Crippen LogP contribution in [0.5, 0.6) is 0 Å². The minimum atomic E-state index is -0.652. The molecule has 0 bridgehead atoms. The predicted molar refractivity (Wildman–Crippen MR) is 61.9 cm³/mol. The number of nitriles is 1. The molecule has 4 heteroatoms. The molecule has 0 aromatic carbocycles. The van der Waals surface area contributed by atoms with E-state index < -0.39 is 6.04 Å². The van der Waals surface area contributed by atoms with Crippen LogP contribution in [-0.2, 0) is 0 Å². The van der Waals surface area contributed by atoms with Gasteiger partial charge in [-0.1, -0.05) is 12.8 Å². The normalized spacial score (nSPS) is 18.9. The Morgan fingerprint density at radius 2 is 1.94 bits per heavy atom. The Hall–Kier alpha value is -1.47. The standard InChI is InChI=1S/C12H17N3O/c13-9-10(14)11-5-6-12(16-11)15-7-3-1-2-4-8-15/h5-6,10H,1-4,7-8,14H2/t10-/m0/s1. The quantitative estimate of drug-likeness (QED) is 0.828. The van der Waals surface area contributed by atoms with E-state index in [1.165, 1.54) is 25.7 Å². The van der Waals surface area contributed by atoms with Gasteiger partial charge < -0.3 is 15.1 Å². The summed E-state index contributed by atoms with van der Waals surface area (Å²) in [6.07, 6.45) is 5.00. The molecule has 0 unspecified atom stereocenters. The third-order valence-corrected chi connectivity index (χ3v) is 2.98. The van der Waals surface area contributed by atoms with Crippen LogP contribution in [-0.4, -0.2) is 13.1 Å². The summed E-state index contributed by atoms with van der Waals surface area (Å²) in [6.45, 7) is 2.07. The first-order chi connectivity index (χ1) is 7.81. The van der Waals surface area contributed by atoms with Gasteiger partial charge in [-0.15, -0.1) is 0 Å². The minimum Gasteiger partial charge on any atom is -0.443 e. The van der Waals surface area contributed by atoms with Crippen LogP contribution >= 0.6 is 0 Å². The van der Waals surface area contributed by atoms with Crippen molar-refractivity contribution >= 4 is 5.88 Å². The first-order valence-electron chi connectivity index (χ1n) is 5.81. The molecule has 1 fully saturated rings. The van der Waals surface area contributed by atoms with Crippen molar-refractivity contribution in [3.05, 3.63) is 17.9 Å². The van der Waals surface area contributed by atoms with Gasteiger partial charge in [0.15, 0.2) is 11.9 Å². The lowest BCUT2D eigenvalue weighted by molar-refractivity contribution is 0.486. The summed E-state index contributed by atoms with van der Waals surface area (Å²) in [5.74, 6) is 1.41. The van der Waals surface area contributed by atoms with Crippen LogP contribution in [0.4, 0.5) is 5.88 Å². The van der Waals surface area contributed by atoms with Crippen LogP contribution in [0.3, 0.4) is 0 Å². The maximum atomic E-state index is 8.70. The molecule has 2 heterocycles. The molecule has 16 heavy (non-hydrogen) atoms. The fourth-order valence-corrected chi connectivity index (χ4v) is 2.03. The fraction of sp³-hybridized carbons (Fsp3) is 0.583. The molecule has 0 aliphatic carbocycles. The van der Waals surface area contributed by atoms with E-state index in [-0.39, 0.29) is 0 Å². The Balaban J connectivity index is 2.08. The van der Waals surface area contributed by atoms with E-state index in [0.29, 0.717) is 5.76 Å². The van der Waals surface area contributed by atoms with Crippen LogP contribution in [0.25, 0.3) is 0 Å². The summed E-state index contributed by atoms with van der Waals surface area (Å²) in [6, 6.07) is 5.04. The lowest BCUT2D eigenvalue weighted by Crippen LogP contribution is -2.23. The van der Waals surface area contributed by atoms with Gasteiger partial charge in [-0.3, -0.25) is 0 Å². The zero-order valence-electron chi connectivity index (χ0n) is 9.35. The number of furan rings is 1. The number of nitrogens with two attached hydrogens (primary N) is 1. The second-order valence-corrected chi connectivity index (χ2v) is 4.18. The van der Waals surface area contributed by atoms with Gasteiger partial charge in [0, 0.05) is 19.2 Å². The van der Waals surface area contributed by atoms with Crippen molar-refractivity contribution in [1.29, 1.82) is 5.26 Å². The van der Waals surface area contributed by atoms with Crippen molar-refractivity contribution in [2.75, 3.05) is 18.0 Å². The maximum Gasteiger partial charge on any atom is 0.195 e. The second-order valence-electron chi connectivity index (χ2n) is 4.18. The summed E-state index contributed by atoms with van der Waals surface area (Å²) in [5, 5.41) is 8.70. The Morgan fingerprint density at radius 1 is 1.25 bits per heavy atom. The number of anilines is 1. The van der Waals surface area contributed by atoms with Gasteiger partial charge in [0.2, 0.25) is 0 Å². The van der Waals surface area contributed by atoms with Crippen LogP contribution in [0.1, 0.15) is 37.5 Å². The van der Waals surface area contributed by atoms with Crippen LogP contribution < -0.4 is 10.6 Å². The van der Waals surface area contributed by atoms with Crippen LogP contribution in [0, 0.1) is 11.3 Å². The second kappa shape index (κ2) is 5.04. The fourth-order valence-electron chi connectivity index (χ4n) is 2.03. The zero-order chi connectivity index (χ0) is 11.4. The smallest absolute Gasteiger partial charge is 0.195 e. The molecule has 0 saturated carbocycles. The van der Waals surface area contributed by atoms with Gasteiger partial charge in [0.25, 0.3) is 0 Å². The van der Waals surface area contributed by atoms with Gasteiger partial charge >= 0.3 is 0 Å². The average molecular weight is 219 g/mol. The van der Waals surface area contributed by atoms with Crippen LogP contribution in [0.15, 0.2) is 16.5 Å². The molecule has 4 nitrogen and oxygen atoms in total. The highest BCUT2D eigenvalue weighted by molar-refractivity contribution is 5.37. The Labute approximate surface area is 95.6 Å². The van der Waals surface area contributed by atoms with Crippen molar-refractivity contribution in [3.63, 3.8) is 0 Å². The van der Waals surface area contributed by atoms with Gasteiger partial charge in [0.05, 0.1) is 6.07 Å². The monoisotopic (exact) mass is 219 g/mol. The molecule has 2 N–H and O–H groups in total. The van der Waals surface area contributed by atoms with Gasteiger partial charge in [0.1, 0.15) is 5.76 Å². The molecule has 86 valence electrons. The lowest BCUT2D eigenvalue weighted by Gasteiger charge is -2.18. The summed E-state index contributed by atoms with van der Waals surface area (Å²) < 4.78 is 5.61. The first-order valence-corrected chi connectivity index (χ1v) is 5.81. The van der Waals surface area contributed by atoms with Crippen molar-refractivity contribution in [2.24, 2.45) is 5.73 Å². The van der Waals surface area contributed by atoms with E-state index in [0.717, 1.165) is 19.0 Å². The number of hydrogen-bond donors (Lipinski definition) is 1. The molecule has 1 aromatic rings. The van der Waals surface area contributed by atoms with Crippen molar-refractivity contribution in [1.82, 2.24) is 0 Å². The van der Waals surface area contributed by atoms with Gasteiger partial charge in [-0.2, -0.15) is 5.26 Å². The molecule has 0 spiro atoms. The van der Waals surface area contributed by atoms with E-state index in [1.54, 1.807) is 6.07 Å². The number of hydrogen-bond acceptors (Lipinski definition) is 4. The summed E-state index contributed by atoms with van der Waals surface area (Å²) >= 11 is 0. The van der Waals surface area contributed by atoms with E-state index in [9.17, 15) is 0 Å². The summed E-state index contributed by atoms with van der Waals surface area (Å²) in [5.41, 5.74) is 5.59. The number of rotatable bonds is 2. The minimum absolute atomic E-state index is 0.557. The van der Waals surface area contributed by atoms with Crippen molar-refractivity contribution < 1.29 is 4.42 Å². The molecule has 0 amide bonds. The van der Waals surface area contributed by atoms with E-state index in [2.05, 4.69) is 4.90 Å². The van der Waals surface area contributed by atoms with E-state index in [1.807, 2.05) is 12.1 Å². The summed E-state index contributed by atoms with van der Waals surface area (Å²) in [4.78, 5) is 2.24. The maximum absolute atomic E-state index is 8.70. The molecular formula is C12H17N3O.